The van der Waals surface area contributed by atoms with Gasteiger partial charge < -0.3 is 14.4 Å². The van der Waals surface area contributed by atoms with Gasteiger partial charge in [0, 0.05) is 24.7 Å². The number of hydrogen-bond acceptors (Lipinski definition) is 5. The summed E-state index contributed by atoms with van der Waals surface area (Å²) in [4.78, 5) is 10.6. The molecule has 0 bridgehead atoms. The van der Waals surface area contributed by atoms with Crippen LogP contribution in [0.3, 0.4) is 0 Å². The van der Waals surface area contributed by atoms with Gasteiger partial charge in [0.1, 0.15) is 6.61 Å². The van der Waals surface area contributed by atoms with Gasteiger partial charge in [0.2, 0.25) is 0 Å². The molecule has 0 saturated heterocycles. The maximum Gasteiger partial charge on any atom is 0.307 e. The zero-order chi connectivity index (χ0) is 12.0. The second kappa shape index (κ2) is 6.55. The van der Waals surface area contributed by atoms with Crippen LogP contribution >= 0.6 is 11.8 Å². The number of nitrogens with zero attached hydrogens (tertiary/aromatic N) is 1. The Morgan fingerprint density at radius 1 is 1.75 bits per heavy atom. The number of thioether (sulfide) groups is 1. The third kappa shape index (κ3) is 4.24. The molecule has 1 N–H and O–H groups in total. The Morgan fingerprint density at radius 3 is 3.12 bits per heavy atom. The summed E-state index contributed by atoms with van der Waals surface area (Å²) >= 11 is 1.53. The highest BCUT2D eigenvalue weighted by Gasteiger charge is 2.11. The second-order valence-electron chi connectivity index (χ2n) is 3.47. The number of carbonyl (C=O) groups is 1. The Kier molecular flexibility index (Phi) is 5.34. The fourth-order valence-electron chi connectivity index (χ4n) is 1.05. The number of methoxy groups -OCH3 is 1. The molecule has 1 rings (SSSR count). The van der Waals surface area contributed by atoms with Gasteiger partial charge in [-0.1, -0.05) is 12.1 Å². The minimum atomic E-state index is -0.771. The number of aliphatic carboxylic acids is 1. The predicted octanol–water partition coefficient (Wildman–Crippen LogP) is 1.77. The first kappa shape index (κ1) is 13.1. The lowest BCUT2D eigenvalue weighted by atomic mass is 10.2. The summed E-state index contributed by atoms with van der Waals surface area (Å²) in [5.74, 6) is 0.805. The average molecular weight is 245 g/mol. The number of rotatable bonds is 7. The molecule has 1 aromatic rings. The Bertz CT molecular complexity index is 339. The normalized spacial score (nSPS) is 12.6. The van der Waals surface area contributed by atoms with Crippen molar-refractivity contribution >= 4 is 17.7 Å². The molecular weight excluding hydrogens is 230 g/mol. The van der Waals surface area contributed by atoms with Crippen molar-refractivity contribution in [3.8, 4) is 0 Å². The lowest BCUT2D eigenvalue weighted by Gasteiger charge is -2.03. The van der Waals surface area contributed by atoms with Gasteiger partial charge >= 0.3 is 5.97 Å². The molecule has 1 atom stereocenters. The van der Waals surface area contributed by atoms with E-state index in [0.29, 0.717) is 23.9 Å². The third-order valence-electron chi connectivity index (χ3n) is 1.93. The van der Waals surface area contributed by atoms with Crippen LogP contribution in [0.15, 0.2) is 10.6 Å². The molecule has 5 nitrogen and oxygen atoms in total. The summed E-state index contributed by atoms with van der Waals surface area (Å²) < 4.78 is 9.90. The highest BCUT2D eigenvalue weighted by Crippen LogP contribution is 2.16. The summed E-state index contributed by atoms with van der Waals surface area (Å²) in [5, 5.41) is 12.5. The van der Waals surface area contributed by atoms with E-state index in [1.165, 1.54) is 11.8 Å². The molecule has 1 unspecified atom stereocenters. The molecule has 0 amide bonds. The quantitative estimate of drug-likeness (QED) is 0.789. The highest BCUT2D eigenvalue weighted by molar-refractivity contribution is 7.98. The summed E-state index contributed by atoms with van der Waals surface area (Å²) in [5.41, 5.74) is 0.814. The molecule has 6 heteroatoms. The molecule has 0 aliphatic rings. The van der Waals surface area contributed by atoms with Crippen molar-refractivity contribution in [3.05, 3.63) is 17.5 Å². The van der Waals surface area contributed by atoms with Crippen LogP contribution in [0.4, 0.5) is 0 Å². The van der Waals surface area contributed by atoms with Crippen molar-refractivity contribution in [2.45, 2.75) is 19.3 Å². The van der Waals surface area contributed by atoms with E-state index in [9.17, 15) is 4.79 Å². The summed E-state index contributed by atoms with van der Waals surface area (Å²) in [6, 6.07) is 1.82. The molecular formula is C10H15NO4S. The van der Waals surface area contributed by atoms with Gasteiger partial charge in [0.25, 0.3) is 0 Å². The Labute approximate surface area is 98.1 Å². The largest absolute Gasteiger partial charge is 0.481 e. The summed E-state index contributed by atoms with van der Waals surface area (Å²) in [7, 11) is 1.59. The van der Waals surface area contributed by atoms with Gasteiger partial charge in [0.05, 0.1) is 11.6 Å². The van der Waals surface area contributed by atoms with Crippen LogP contribution in [-0.4, -0.2) is 29.1 Å². The van der Waals surface area contributed by atoms with Crippen molar-refractivity contribution in [1.29, 1.82) is 0 Å². The molecule has 0 fully saturated rings. The van der Waals surface area contributed by atoms with E-state index in [-0.39, 0.29) is 5.92 Å². The van der Waals surface area contributed by atoms with Crippen molar-refractivity contribution < 1.29 is 19.2 Å². The van der Waals surface area contributed by atoms with Crippen LogP contribution in [0.25, 0.3) is 0 Å². The molecule has 1 aromatic heterocycles. The zero-order valence-corrected chi connectivity index (χ0v) is 10.1. The van der Waals surface area contributed by atoms with Crippen LogP contribution in [0.5, 0.6) is 0 Å². The van der Waals surface area contributed by atoms with Crippen molar-refractivity contribution in [2.24, 2.45) is 5.92 Å². The number of carboxylic acids is 1. The first-order valence-electron chi connectivity index (χ1n) is 4.87. The van der Waals surface area contributed by atoms with Crippen molar-refractivity contribution in [3.63, 3.8) is 0 Å². The highest BCUT2D eigenvalue weighted by atomic mass is 32.2. The van der Waals surface area contributed by atoms with Crippen LogP contribution in [0.1, 0.15) is 18.4 Å². The topological polar surface area (TPSA) is 72.6 Å². The summed E-state index contributed by atoms with van der Waals surface area (Å²) in [6.07, 6.45) is 0. The summed E-state index contributed by atoms with van der Waals surface area (Å²) in [6.45, 7) is 2.09. The molecule has 0 aliphatic heterocycles. The van der Waals surface area contributed by atoms with E-state index in [4.69, 9.17) is 14.4 Å². The third-order valence-corrected chi connectivity index (χ3v) is 3.17. The van der Waals surface area contributed by atoms with E-state index in [1.54, 1.807) is 14.0 Å². The lowest BCUT2D eigenvalue weighted by Crippen LogP contribution is -2.11. The molecule has 16 heavy (non-hydrogen) atoms. The maximum atomic E-state index is 10.6. The fourth-order valence-corrected chi connectivity index (χ4v) is 2.00. The lowest BCUT2D eigenvalue weighted by molar-refractivity contribution is -0.140. The molecule has 0 aliphatic carbocycles. The van der Waals surface area contributed by atoms with Crippen LogP contribution in [0.2, 0.25) is 0 Å². The van der Waals surface area contributed by atoms with Crippen LogP contribution < -0.4 is 0 Å². The molecule has 0 spiro atoms. The minimum absolute atomic E-state index is 0.338. The average Bonchev–Trinajstić information content (AvgIpc) is 2.66. The standard InChI is InChI=1S/C10H15NO4S/c1-7(10(12)13)5-16-6-8-3-9(4-14-2)15-11-8/h3,7H,4-6H2,1-2H3,(H,12,13). The van der Waals surface area contributed by atoms with E-state index < -0.39 is 5.97 Å². The van der Waals surface area contributed by atoms with E-state index in [2.05, 4.69) is 5.16 Å². The Balaban J connectivity index is 2.29. The molecule has 1 heterocycles. The van der Waals surface area contributed by atoms with Gasteiger partial charge in [-0.25, -0.2) is 0 Å². The first-order valence-corrected chi connectivity index (χ1v) is 6.03. The number of aromatic nitrogens is 1. The zero-order valence-electron chi connectivity index (χ0n) is 9.30. The maximum absolute atomic E-state index is 10.6. The Morgan fingerprint density at radius 2 is 2.50 bits per heavy atom. The molecule has 0 saturated carbocycles. The Hall–Kier alpha value is -1.01. The van der Waals surface area contributed by atoms with Gasteiger partial charge in [-0.15, -0.1) is 0 Å². The van der Waals surface area contributed by atoms with Crippen molar-refractivity contribution in [2.75, 3.05) is 12.9 Å². The molecule has 0 aromatic carbocycles. The fraction of sp³-hybridized carbons (Fsp3) is 0.600. The first-order chi connectivity index (χ1) is 7.63. The minimum Gasteiger partial charge on any atom is -0.481 e. The van der Waals surface area contributed by atoms with E-state index in [0.717, 1.165) is 5.69 Å². The molecule has 90 valence electrons. The second-order valence-corrected chi connectivity index (χ2v) is 4.50. The smallest absolute Gasteiger partial charge is 0.307 e. The number of hydrogen-bond donors (Lipinski definition) is 1. The van der Waals surface area contributed by atoms with Crippen LogP contribution in [0, 0.1) is 5.92 Å². The van der Waals surface area contributed by atoms with E-state index in [1.807, 2.05) is 6.07 Å². The monoisotopic (exact) mass is 245 g/mol. The SMILES string of the molecule is COCc1cc(CSCC(C)C(=O)O)no1. The predicted molar refractivity (Wildman–Crippen MR) is 60.2 cm³/mol. The van der Waals surface area contributed by atoms with Crippen molar-refractivity contribution in [1.82, 2.24) is 5.16 Å². The van der Waals surface area contributed by atoms with Crippen LogP contribution in [-0.2, 0) is 21.9 Å². The number of carboxylic acid groups (broad SMARTS) is 1. The van der Waals surface area contributed by atoms with Gasteiger partial charge in [-0.3, -0.25) is 4.79 Å². The number of ether oxygens (including phenoxy) is 1. The van der Waals surface area contributed by atoms with Gasteiger partial charge in [0.15, 0.2) is 5.76 Å². The van der Waals surface area contributed by atoms with Gasteiger partial charge in [-0.2, -0.15) is 11.8 Å². The molecule has 0 radical (unpaired) electrons. The van der Waals surface area contributed by atoms with Gasteiger partial charge in [-0.05, 0) is 0 Å². The van der Waals surface area contributed by atoms with E-state index >= 15 is 0 Å².